The van der Waals surface area contributed by atoms with Crippen LogP contribution in [-0.2, 0) is 4.79 Å². The largest absolute Gasteiger partial charge is 0.337 e. The third-order valence-electron chi connectivity index (χ3n) is 3.77. The van der Waals surface area contributed by atoms with Gasteiger partial charge in [-0.05, 0) is 24.3 Å². The van der Waals surface area contributed by atoms with Gasteiger partial charge in [-0.1, -0.05) is 17.7 Å². The fraction of sp³-hybridized carbons (Fsp3) is 0. The molecule has 4 aromatic rings. The highest BCUT2D eigenvalue weighted by Gasteiger charge is 2.18. The van der Waals surface area contributed by atoms with E-state index in [-0.39, 0.29) is 10.7 Å². The molecule has 0 atom stereocenters. The molecular formula is C16H9ClN4O3S. The molecule has 124 valence electrons. The van der Waals surface area contributed by atoms with Crippen LogP contribution in [-0.4, -0.2) is 21.3 Å². The van der Waals surface area contributed by atoms with Crippen LogP contribution in [0.1, 0.15) is 0 Å². The van der Waals surface area contributed by atoms with E-state index in [2.05, 4.69) is 15.3 Å². The van der Waals surface area contributed by atoms with Crippen molar-refractivity contribution in [2.24, 2.45) is 0 Å². The summed E-state index contributed by atoms with van der Waals surface area (Å²) < 4.78 is 0.831. The van der Waals surface area contributed by atoms with E-state index in [0.29, 0.717) is 28.8 Å². The third-order valence-corrected chi connectivity index (χ3v) is 5.28. The van der Waals surface area contributed by atoms with Gasteiger partial charge in [0.05, 0.1) is 21.0 Å². The first kappa shape index (κ1) is 15.6. The quantitative estimate of drug-likeness (QED) is 0.311. The molecule has 7 nitrogen and oxygen atoms in total. The number of benzene rings is 2. The molecule has 2 aromatic carbocycles. The van der Waals surface area contributed by atoms with Crippen molar-refractivity contribution in [3.05, 3.63) is 51.5 Å². The van der Waals surface area contributed by atoms with E-state index >= 15 is 0 Å². The number of nitro groups is 1. The van der Waals surface area contributed by atoms with Crippen LogP contribution >= 0.6 is 22.9 Å². The summed E-state index contributed by atoms with van der Waals surface area (Å²) >= 11 is 7.60. The highest BCUT2D eigenvalue weighted by molar-refractivity contribution is 7.22. The van der Waals surface area contributed by atoms with Crippen molar-refractivity contribution >= 4 is 61.8 Å². The second-order valence-corrected chi connectivity index (χ2v) is 6.69. The van der Waals surface area contributed by atoms with Gasteiger partial charge in [0.25, 0.3) is 5.69 Å². The molecule has 0 spiro atoms. The number of nitrogens with one attached hydrogen (secondary N) is 2. The van der Waals surface area contributed by atoms with Crippen LogP contribution in [0, 0.1) is 10.1 Å². The van der Waals surface area contributed by atoms with Crippen molar-refractivity contribution in [1.29, 1.82) is 0 Å². The molecule has 2 N–H and O–H groups in total. The third kappa shape index (κ3) is 2.51. The topological polar surface area (TPSA) is 101 Å². The first-order valence-corrected chi connectivity index (χ1v) is 8.33. The van der Waals surface area contributed by atoms with Gasteiger partial charge in [-0.2, -0.15) is 0 Å². The van der Waals surface area contributed by atoms with Crippen LogP contribution in [0.15, 0.2) is 36.4 Å². The molecule has 0 saturated heterocycles. The van der Waals surface area contributed by atoms with E-state index in [1.54, 1.807) is 24.3 Å². The van der Waals surface area contributed by atoms with Crippen LogP contribution < -0.4 is 5.32 Å². The Morgan fingerprint density at radius 3 is 2.92 bits per heavy atom. The maximum absolute atomic E-state index is 11.0. The summed E-state index contributed by atoms with van der Waals surface area (Å²) in [6.07, 6.45) is 0.599. The Labute approximate surface area is 149 Å². The van der Waals surface area contributed by atoms with E-state index in [0.717, 1.165) is 15.1 Å². The Balaban J connectivity index is 1.88. The van der Waals surface area contributed by atoms with Crippen LogP contribution in [0.2, 0.25) is 5.02 Å². The smallest absolute Gasteiger partial charge is 0.288 e. The van der Waals surface area contributed by atoms with Crippen LogP contribution in [0.25, 0.3) is 31.8 Å². The van der Waals surface area contributed by atoms with Gasteiger partial charge in [0.1, 0.15) is 16.4 Å². The standard InChI is InChI=1S/C16H9ClN4O3S/c17-14-8-6-13(25-12(8)5-4-11(14)21(23)24)16-19-10-3-1-2-9(18-7-22)15(10)20-16/h1-7H,(H,18,22)(H,19,20). The first-order chi connectivity index (χ1) is 12.1. The maximum Gasteiger partial charge on any atom is 0.288 e. The lowest BCUT2D eigenvalue weighted by atomic mass is 10.2. The average Bonchev–Trinajstić information content (AvgIpc) is 3.19. The minimum Gasteiger partial charge on any atom is -0.337 e. The second-order valence-electron chi connectivity index (χ2n) is 5.23. The number of amides is 1. The summed E-state index contributed by atoms with van der Waals surface area (Å²) in [4.78, 5) is 29.8. The molecule has 0 aliphatic carbocycles. The van der Waals surface area contributed by atoms with Crippen molar-refractivity contribution in [3.8, 4) is 10.7 Å². The minimum absolute atomic E-state index is 0.115. The zero-order valence-electron chi connectivity index (χ0n) is 12.4. The number of H-pyrrole nitrogens is 1. The summed E-state index contributed by atoms with van der Waals surface area (Å²) in [7, 11) is 0. The van der Waals surface area contributed by atoms with E-state index in [4.69, 9.17) is 11.6 Å². The number of carbonyl (C=O) groups excluding carboxylic acids is 1. The Morgan fingerprint density at radius 2 is 2.16 bits per heavy atom. The molecule has 2 heterocycles. The van der Waals surface area contributed by atoms with Gasteiger partial charge in [0.2, 0.25) is 6.41 Å². The molecule has 0 fully saturated rings. The average molecular weight is 373 g/mol. The normalized spacial score (nSPS) is 11.1. The molecule has 0 aliphatic heterocycles. The number of rotatable bonds is 4. The zero-order valence-corrected chi connectivity index (χ0v) is 14.0. The van der Waals surface area contributed by atoms with Crippen molar-refractivity contribution in [2.75, 3.05) is 5.32 Å². The predicted molar refractivity (Wildman–Crippen MR) is 98.3 cm³/mol. The molecule has 0 unspecified atom stereocenters. The highest BCUT2D eigenvalue weighted by Crippen LogP contribution is 2.40. The monoisotopic (exact) mass is 372 g/mol. The molecule has 9 heteroatoms. The number of para-hydroxylation sites is 1. The lowest BCUT2D eigenvalue weighted by Gasteiger charge is -1.97. The zero-order chi connectivity index (χ0) is 17.6. The summed E-state index contributed by atoms with van der Waals surface area (Å²) in [5, 5.41) is 14.4. The number of halogens is 1. The lowest BCUT2D eigenvalue weighted by Crippen LogP contribution is -1.93. The maximum atomic E-state index is 11.0. The van der Waals surface area contributed by atoms with Crippen molar-refractivity contribution in [2.45, 2.75) is 0 Å². The Kier molecular flexibility index (Phi) is 3.63. The van der Waals surface area contributed by atoms with Crippen LogP contribution in [0.5, 0.6) is 0 Å². The minimum atomic E-state index is -0.502. The van der Waals surface area contributed by atoms with E-state index < -0.39 is 4.92 Å². The van der Waals surface area contributed by atoms with Gasteiger partial charge in [0, 0.05) is 16.2 Å². The molecule has 0 saturated carbocycles. The number of nitro benzene ring substituents is 1. The molecular weight excluding hydrogens is 364 g/mol. The Morgan fingerprint density at radius 1 is 1.32 bits per heavy atom. The lowest BCUT2D eigenvalue weighted by molar-refractivity contribution is -0.384. The molecule has 2 aromatic heterocycles. The SMILES string of the molecule is O=CNc1cccc2[nH]c(-c3cc4c(Cl)c([N+](=O)[O-])ccc4s3)nc12. The number of fused-ring (bicyclic) bond motifs is 2. The molecule has 0 aliphatic rings. The van der Waals surface area contributed by atoms with E-state index in [1.165, 1.54) is 17.4 Å². The van der Waals surface area contributed by atoms with Gasteiger partial charge < -0.3 is 10.3 Å². The van der Waals surface area contributed by atoms with Crippen molar-refractivity contribution in [1.82, 2.24) is 9.97 Å². The fourth-order valence-corrected chi connectivity index (χ4v) is 4.01. The summed E-state index contributed by atoms with van der Waals surface area (Å²) in [6, 6.07) is 10.3. The number of thiophene rings is 1. The van der Waals surface area contributed by atoms with Crippen molar-refractivity contribution < 1.29 is 9.72 Å². The highest BCUT2D eigenvalue weighted by atomic mass is 35.5. The number of aromatic amines is 1. The van der Waals surface area contributed by atoms with Crippen molar-refractivity contribution in [3.63, 3.8) is 0 Å². The van der Waals surface area contributed by atoms with Gasteiger partial charge in [-0.15, -0.1) is 11.3 Å². The van der Waals surface area contributed by atoms with E-state index in [1.807, 2.05) is 6.07 Å². The van der Waals surface area contributed by atoms with Gasteiger partial charge in [0.15, 0.2) is 0 Å². The first-order valence-electron chi connectivity index (χ1n) is 7.14. The summed E-state index contributed by atoms with van der Waals surface area (Å²) in [5.41, 5.74) is 1.89. The number of imidazole rings is 1. The molecule has 1 amide bonds. The van der Waals surface area contributed by atoms with Gasteiger partial charge in [-0.3, -0.25) is 14.9 Å². The van der Waals surface area contributed by atoms with Crippen LogP contribution in [0.3, 0.4) is 0 Å². The Hall–Kier alpha value is -2.97. The molecule has 0 radical (unpaired) electrons. The predicted octanol–water partition coefficient (Wildman–Crippen LogP) is 4.57. The summed E-state index contributed by atoms with van der Waals surface area (Å²) in [5.74, 6) is 0.607. The number of nitrogens with zero attached hydrogens (tertiary/aromatic N) is 2. The molecule has 4 rings (SSSR count). The second kappa shape index (κ2) is 5.83. The molecule has 0 bridgehead atoms. The number of anilines is 1. The number of aromatic nitrogens is 2. The number of hydrogen-bond donors (Lipinski definition) is 2. The fourth-order valence-electron chi connectivity index (χ4n) is 2.65. The number of hydrogen-bond acceptors (Lipinski definition) is 5. The van der Waals surface area contributed by atoms with Gasteiger partial charge in [-0.25, -0.2) is 4.98 Å². The molecule has 25 heavy (non-hydrogen) atoms. The Bertz CT molecular complexity index is 1150. The van der Waals surface area contributed by atoms with Crippen LogP contribution in [0.4, 0.5) is 11.4 Å². The van der Waals surface area contributed by atoms with E-state index in [9.17, 15) is 14.9 Å². The van der Waals surface area contributed by atoms with Gasteiger partial charge >= 0.3 is 0 Å². The number of carbonyl (C=O) groups is 1. The summed E-state index contributed by atoms with van der Waals surface area (Å²) in [6.45, 7) is 0.